The first-order chi connectivity index (χ1) is 7.93. The summed E-state index contributed by atoms with van der Waals surface area (Å²) in [6.45, 7) is 6.24. The first-order valence-corrected chi connectivity index (χ1v) is 7.10. The van der Waals surface area contributed by atoms with E-state index in [1.165, 1.54) is 0 Å². The van der Waals surface area contributed by atoms with Crippen molar-refractivity contribution in [3.63, 3.8) is 0 Å². The van der Waals surface area contributed by atoms with E-state index in [4.69, 9.17) is 0 Å². The molecule has 0 aliphatic heterocycles. The van der Waals surface area contributed by atoms with Crippen LogP contribution in [0.3, 0.4) is 0 Å². The number of hydrogen-bond donors (Lipinski definition) is 3. The van der Waals surface area contributed by atoms with Gasteiger partial charge in [0.2, 0.25) is 0 Å². The van der Waals surface area contributed by atoms with Gasteiger partial charge in [0.25, 0.3) is 5.97 Å². The van der Waals surface area contributed by atoms with Crippen LogP contribution in [-0.4, -0.2) is 21.3 Å². The molecule has 3 N–H and O–H groups in total. The lowest BCUT2D eigenvalue weighted by atomic mass is 9.72. The molecule has 0 spiro atoms. The van der Waals surface area contributed by atoms with Crippen LogP contribution in [0.2, 0.25) is 0 Å². The van der Waals surface area contributed by atoms with Crippen LogP contribution in [0.5, 0.6) is 0 Å². The van der Waals surface area contributed by atoms with Gasteiger partial charge >= 0.3 is 0 Å². The summed E-state index contributed by atoms with van der Waals surface area (Å²) in [4.78, 5) is 0. The largest absolute Gasteiger partial charge is 0.343 e. The Hall–Kier alpha value is -0.120. The molecule has 0 aromatic heterocycles. The average Bonchev–Trinajstić information content (AvgIpc) is 2.27. The highest BCUT2D eigenvalue weighted by Crippen LogP contribution is 2.43. The van der Waals surface area contributed by atoms with Gasteiger partial charge in [-0.15, -0.1) is 0 Å². The highest BCUT2D eigenvalue weighted by atomic mass is 16.7. The van der Waals surface area contributed by atoms with E-state index < -0.39 is 11.4 Å². The maximum absolute atomic E-state index is 9.72. The number of hydrogen-bond acceptors (Lipinski definition) is 3. The molecule has 0 aromatic rings. The quantitative estimate of drug-likeness (QED) is 0.519. The molecule has 0 aliphatic carbocycles. The van der Waals surface area contributed by atoms with E-state index in [9.17, 15) is 15.3 Å². The summed E-state index contributed by atoms with van der Waals surface area (Å²) >= 11 is 0. The minimum atomic E-state index is -2.54. The minimum absolute atomic E-state index is 0.688. The molecule has 0 aromatic carbocycles. The minimum Gasteiger partial charge on any atom is -0.343 e. The maximum Gasteiger partial charge on any atom is 0.281 e. The van der Waals surface area contributed by atoms with E-state index in [1.54, 1.807) is 0 Å². The SMILES string of the molecule is CCCCC(CCCC)(CCCC)C(O)(O)O. The number of rotatable bonds is 10. The van der Waals surface area contributed by atoms with E-state index in [2.05, 4.69) is 20.8 Å². The third-order valence-corrected chi connectivity index (χ3v) is 3.74. The van der Waals surface area contributed by atoms with Crippen LogP contribution in [0.15, 0.2) is 0 Å². The molecule has 0 heterocycles. The lowest BCUT2D eigenvalue weighted by molar-refractivity contribution is -0.380. The van der Waals surface area contributed by atoms with Crippen molar-refractivity contribution in [1.82, 2.24) is 0 Å². The van der Waals surface area contributed by atoms with Crippen molar-refractivity contribution in [2.24, 2.45) is 5.41 Å². The second-order valence-electron chi connectivity index (χ2n) is 5.23. The van der Waals surface area contributed by atoms with Crippen LogP contribution in [0.25, 0.3) is 0 Å². The van der Waals surface area contributed by atoms with Crippen LogP contribution in [-0.2, 0) is 0 Å². The third-order valence-electron chi connectivity index (χ3n) is 3.74. The summed E-state index contributed by atoms with van der Waals surface area (Å²) in [5.74, 6) is -2.54. The van der Waals surface area contributed by atoms with E-state index in [0.29, 0.717) is 19.3 Å². The summed E-state index contributed by atoms with van der Waals surface area (Å²) in [6.07, 6.45) is 7.87. The molecular formula is C14H30O3. The zero-order chi connectivity index (χ0) is 13.4. The molecule has 0 unspecified atom stereocenters. The van der Waals surface area contributed by atoms with Gasteiger partial charge in [-0.1, -0.05) is 59.3 Å². The summed E-state index contributed by atoms with van der Waals surface area (Å²) in [5.41, 5.74) is -0.741. The van der Waals surface area contributed by atoms with Crippen molar-refractivity contribution in [2.45, 2.75) is 84.5 Å². The fourth-order valence-electron chi connectivity index (χ4n) is 2.42. The normalized spacial score (nSPS) is 13.1. The predicted molar refractivity (Wildman–Crippen MR) is 70.4 cm³/mol. The van der Waals surface area contributed by atoms with Crippen molar-refractivity contribution in [3.05, 3.63) is 0 Å². The van der Waals surface area contributed by atoms with Gasteiger partial charge < -0.3 is 15.3 Å². The zero-order valence-electron chi connectivity index (χ0n) is 11.7. The zero-order valence-corrected chi connectivity index (χ0v) is 11.7. The lowest BCUT2D eigenvalue weighted by Gasteiger charge is -2.41. The van der Waals surface area contributed by atoms with Gasteiger partial charge in [0, 0.05) is 0 Å². The molecule has 104 valence electrons. The summed E-state index contributed by atoms with van der Waals surface area (Å²) in [5, 5.41) is 29.2. The number of aliphatic hydroxyl groups is 3. The molecule has 3 nitrogen and oxygen atoms in total. The molecule has 0 aliphatic rings. The summed E-state index contributed by atoms with van der Waals surface area (Å²) in [6, 6.07) is 0. The van der Waals surface area contributed by atoms with Gasteiger partial charge in [0.05, 0.1) is 5.41 Å². The van der Waals surface area contributed by atoms with Crippen LogP contribution in [0, 0.1) is 5.41 Å². The second-order valence-corrected chi connectivity index (χ2v) is 5.23. The highest BCUT2D eigenvalue weighted by molar-refractivity contribution is 4.85. The predicted octanol–water partition coefficient (Wildman–Crippen LogP) is 3.17. The van der Waals surface area contributed by atoms with Crippen LogP contribution in [0.1, 0.15) is 78.6 Å². The van der Waals surface area contributed by atoms with E-state index in [1.807, 2.05) is 0 Å². The Labute approximate surface area is 106 Å². The Kier molecular flexibility index (Phi) is 8.01. The second kappa shape index (κ2) is 8.06. The lowest BCUT2D eigenvalue weighted by Crippen LogP contribution is -2.48. The molecule has 0 atom stereocenters. The van der Waals surface area contributed by atoms with Crippen LogP contribution >= 0.6 is 0 Å². The van der Waals surface area contributed by atoms with Crippen molar-refractivity contribution in [3.8, 4) is 0 Å². The van der Waals surface area contributed by atoms with E-state index in [-0.39, 0.29) is 0 Å². The molecule has 0 bridgehead atoms. The molecule has 3 heteroatoms. The van der Waals surface area contributed by atoms with Crippen LogP contribution in [0.4, 0.5) is 0 Å². The standard InChI is InChI=1S/C14H30O3/c1-4-7-10-13(11-8-5-2,12-9-6-3)14(15,16)17/h15-17H,4-12H2,1-3H3. The first kappa shape index (κ1) is 16.9. The molecule has 0 rings (SSSR count). The van der Waals surface area contributed by atoms with Crippen molar-refractivity contribution in [2.75, 3.05) is 0 Å². The Morgan fingerprint density at radius 1 is 0.647 bits per heavy atom. The van der Waals surface area contributed by atoms with Crippen LogP contribution < -0.4 is 0 Å². The van der Waals surface area contributed by atoms with Gasteiger partial charge in [0.1, 0.15) is 0 Å². The highest BCUT2D eigenvalue weighted by Gasteiger charge is 2.46. The van der Waals surface area contributed by atoms with Crippen molar-refractivity contribution < 1.29 is 15.3 Å². The molecular weight excluding hydrogens is 216 g/mol. The van der Waals surface area contributed by atoms with Crippen molar-refractivity contribution in [1.29, 1.82) is 0 Å². The first-order valence-electron chi connectivity index (χ1n) is 7.10. The fraction of sp³-hybridized carbons (Fsp3) is 1.00. The molecule has 0 saturated heterocycles. The summed E-state index contributed by atoms with van der Waals surface area (Å²) < 4.78 is 0. The Balaban J connectivity index is 4.78. The molecule has 0 saturated carbocycles. The van der Waals surface area contributed by atoms with Gasteiger partial charge in [-0.3, -0.25) is 0 Å². The topological polar surface area (TPSA) is 60.7 Å². The smallest absolute Gasteiger partial charge is 0.281 e. The van der Waals surface area contributed by atoms with Gasteiger partial charge in [-0.05, 0) is 19.3 Å². The maximum atomic E-state index is 9.72. The van der Waals surface area contributed by atoms with E-state index >= 15 is 0 Å². The Morgan fingerprint density at radius 2 is 0.941 bits per heavy atom. The molecule has 0 fully saturated rings. The third kappa shape index (κ3) is 5.36. The Bertz CT molecular complexity index is 163. The molecule has 17 heavy (non-hydrogen) atoms. The number of unbranched alkanes of at least 4 members (excludes halogenated alkanes) is 3. The van der Waals surface area contributed by atoms with Gasteiger partial charge in [-0.2, -0.15) is 0 Å². The van der Waals surface area contributed by atoms with E-state index in [0.717, 1.165) is 38.5 Å². The summed E-state index contributed by atoms with van der Waals surface area (Å²) in [7, 11) is 0. The monoisotopic (exact) mass is 246 g/mol. The van der Waals surface area contributed by atoms with Gasteiger partial charge in [0.15, 0.2) is 0 Å². The van der Waals surface area contributed by atoms with Crippen molar-refractivity contribution >= 4 is 0 Å². The average molecular weight is 246 g/mol. The Morgan fingerprint density at radius 3 is 1.12 bits per heavy atom. The molecule has 0 amide bonds. The van der Waals surface area contributed by atoms with Gasteiger partial charge in [-0.25, -0.2) is 0 Å². The molecule has 0 radical (unpaired) electrons. The fourth-order valence-corrected chi connectivity index (χ4v) is 2.42.